The summed E-state index contributed by atoms with van der Waals surface area (Å²) in [5.41, 5.74) is 4.31. The van der Waals surface area contributed by atoms with Crippen molar-refractivity contribution in [1.29, 1.82) is 0 Å². The molecule has 5 rings (SSSR count). The maximum absolute atomic E-state index is 13.4. The van der Waals surface area contributed by atoms with Gasteiger partial charge in [0.15, 0.2) is 11.5 Å². The van der Waals surface area contributed by atoms with Crippen molar-refractivity contribution in [2.75, 3.05) is 13.4 Å². The van der Waals surface area contributed by atoms with Gasteiger partial charge in [0.05, 0.1) is 0 Å². The first-order valence-electron chi connectivity index (χ1n) is 10.7. The van der Waals surface area contributed by atoms with Crippen LogP contribution in [-0.2, 0) is 22.6 Å². The Labute approximate surface area is 182 Å². The van der Waals surface area contributed by atoms with Gasteiger partial charge in [-0.2, -0.15) is 0 Å². The Balaban J connectivity index is 1.47. The molecule has 0 aromatic heterocycles. The van der Waals surface area contributed by atoms with Gasteiger partial charge in [0, 0.05) is 25.3 Å². The number of carbonyl (C=O) groups is 1. The van der Waals surface area contributed by atoms with Crippen LogP contribution in [0.25, 0.3) is 11.1 Å². The summed E-state index contributed by atoms with van der Waals surface area (Å²) in [5.74, 6) is 1.48. The van der Waals surface area contributed by atoms with Crippen LogP contribution in [0, 0.1) is 0 Å². The average molecular weight is 415 g/mol. The third-order valence-corrected chi connectivity index (χ3v) is 5.82. The summed E-state index contributed by atoms with van der Waals surface area (Å²) < 4.78 is 16.9. The summed E-state index contributed by atoms with van der Waals surface area (Å²) in [4.78, 5) is 15.3. The number of amides is 1. The summed E-state index contributed by atoms with van der Waals surface area (Å²) in [7, 11) is 0. The summed E-state index contributed by atoms with van der Waals surface area (Å²) in [5, 5.41) is 0. The molecule has 0 saturated carbocycles. The van der Waals surface area contributed by atoms with Gasteiger partial charge in [0.2, 0.25) is 6.79 Å². The first-order chi connectivity index (χ1) is 15.3. The van der Waals surface area contributed by atoms with E-state index in [4.69, 9.17) is 14.2 Å². The highest BCUT2D eigenvalue weighted by molar-refractivity contribution is 5.81. The third-order valence-electron chi connectivity index (χ3n) is 5.82. The molecule has 2 aliphatic heterocycles. The third kappa shape index (κ3) is 4.14. The Morgan fingerprint density at radius 2 is 1.65 bits per heavy atom. The van der Waals surface area contributed by atoms with Crippen LogP contribution in [-0.4, -0.2) is 30.3 Å². The molecule has 5 nitrogen and oxygen atoms in total. The number of benzene rings is 3. The quantitative estimate of drug-likeness (QED) is 0.581. The highest BCUT2D eigenvalue weighted by Crippen LogP contribution is 2.36. The highest BCUT2D eigenvalue weighted by atomic mass is 16.7. The van der Waals surface area contributed by atoms with Gasteiger partial charge >= 0.3 is 0 Å². The maximum atomic E-state index is 13.4. The SMILES string of the molecule is O=C([C@H]1CCCO1)N(Cc1ccccc1-c1ccccc1)Cc1cccc2c1OCO2. The van der Waals surface area contributed by atoms with Gasteiger partial charge in [-0.25, -0.2) is 0 Å². The fourth-order valence-corrected chi connectivity index (χ4v) is 4.27. The van der Waals surface area contributed by atoms with Crippen molar-refractivity contribution in [2.45, 2.75) is 32.0 Å². The molecule has 0 bridgehead atoms. The van der Waals surface area contributed by atoms with Crippen molar-refractivity contribution in [2.24, 2.45) is 0 Å². The topological polar surface area (TPSA) is 48.0 Å². The molecule has 5 heteroatoms. The van der Waals surface area contributed by atoms with Crippen LogP contribution in [0.3, 0.4) is 0 Å². The Morgan fingerprint density at radius 3 is 2.48 bits per heavy atom. The Kier molecular flexibility index (Phi) is 5.59. The van der Waals surface area contributed by atoms with Crippen LogP contribution < -0.4 is 9.47 Å². The minimum absolute atomic E-state index is 0.0249. The monoisotopic (exact) mass is 415 g/mol. The van der Waals surface area contributed by atoms with E-state index in [0.29, 0.717) is 19.7 Å². The van der Waals surface area contributed by atoms with Gasteiger partial charge < -0.3 is 19.1 Å². The van der Waals surface area contributed by atoms with Gasteiger partial charge in [-0.15, -0.1) is 0 Å². The summed E-state index contributed by atoms with van der Waals surface area (Å²) in [6, 6.07) is 24.4. The molecule has 1 saturated heterocycles. The molecule has 2 heterocycles. The average Bonchev–Trinajstić information content (AvgIpc) is 3.52. The van der Waals surface area contributed by atoms with Crippen molar-refractivity contribution >= 4 is 5.91 Å². The first-order valence-corrected chi connectivity index (χ1v) is 10.7. The number of para-hydroxylation sites is 1. The second-order valence-corrected chi connectivity index (χ2v) is 7.87. The van der Waals surface area contributed by atoms with Crippen molar-refractivity contribution < 1.29 is 19.0 Å². The summed E-state index contributed by atoms with van der Waals surface area (Å²) in [6.45, 7) is 1.79. The molecule has 0 N–H and O–H groups in total. The van der Waals surface area contributed by atoms with Gasteiger partial charge in [-0.1, -0.05) is 66.7 Å². The molecule has 3 aromatic carbocycles. The van der Waals surface area contributed by atoms with Crippen LogP contribution in [0.15, 0.2) is 72.8 Å². The Bertz CT molecular complexity index is 1060. The maximum Gasteiger partial charge on any atom is 0.252 e. The van der Waals surface area contributed by atoms with Crippen molar-refractivity contribution in [3.05, 3.63) is 83.9 Å². The van der Waals surface area contributed by atoms with E-state index in [0.717, 1.165) is 46.6 Å². The standard InChI is InChI=1S/C26H25NO4/c28-26(24-14-7-15-29-24)27(17-21-11-6-13-23-25(21)31-18-30-23)16-20-10-4-5-12-22(20)19-8-2-1-3-9-19/h1-6,8-13,24H,7,14-18H2/t24-/m1/s1. The van der Waals surface area contributed by atoms with Crippen LogP contribution in [0.4, 0.5) is 0 Å². The normalized spacial score (nSPS) is 17.0. The fourth-order valence-electron chi connectivity index (χ4n) is 4.27. The van der Waals surface area contributed by atoms with E-state index in [-0.39, 0.29) is 18.8 Å². The van der Waals surface area contributed by atoms with E-state index in [1.165, 1.54) is 0 Å². The van der Waals surface area contributed by atoms with E-state index in [2.05, 4.69) is 24.3 Å². The zero-order valence-corrected chi connectivity index (χ0v) is 17.3. The fraction of sp³-hybridized carbons (Fsp3) is 0.269. The highest BCUT2D eigenvalue weighted by Gasteiger charge is 2.30. The van der Waals surface area contributed by atoms with Gasteiger partial charge in [0.25, 0.3) is 5.91 Å². The molecule has 0 spiro atoms. The van der Waals surface area contributed by atoms with Crippen molar-refractivity contribution in [3.8, 4) is 22.6 Å². The van der Waals surface area contributed by atoms with Crippen LogP contribution in [0.5, 0.6) is 11.5 Å². The lowest BCUT2D eigenvalue weighted by Gasteiger charge is -2.27. The minimum Gasteiger partial charge on any atom is -0.454 e. The molecule has 1 fully saturated rings. The number of carbonyl (C=O) groups excluding carboxylic acids is 1. The molecular formula is C26H25NO4. The van der Waals surface area contributed by atoms with E-state index in [9.17, 15) is 4.79 Å². The Morgan fingerprint density at radius 1 is 0.871 bits per heavy atom. The second-order valence-electron chi connectivity index (χ2n) is 7.87. The second kappa shape index (κ2) is 8.82. The number of ether oxygens (including phenoxy) is 3. The van der Waals surface area contributed by atoms with E-state index < -0.39 is 0 Å². The molecule has 2 aliphatic rings. The first kappa shape index (κ1) is 19.6. The van der Waals surface area contributed by atoms with Gasteiger partial charge in [-0.05, 0) is 35.6 Å². The number of rotatable bonds is 6. The predicted octanol–water partition coefficient (Wildman–Crippen LogP) is 4.79. The summed E-state index contributed by atoms with van der Waals surface area (Å²) in [6.07, 6.45) is 1.31. The number of nitrogens with zero attached hydrogens (tertiary/aromatic N) is 1. The van der Waals surface area contributed by atoms with Crippen LogP contribution in [0.2, 0.25) is 0 Å². The molecule has 0 radical (unpaired) electrons. The van der Waals surface area contributed by atoms with Gasteiger partial charge in [-0.3, -0.25) is 4.79 Å². The molecular weight excluding hydrogens is 390 g/mol. The van der Waals surface area contributed by atoms with Crippen LogP contribution in [0.1, 0.15) is 24.0 Å². The number of fused-ring (bicyclic) bond motifs is 1. The lowest BCUT2D eigenvalue weighted by Crippen LogP contribution is -2.38. The lowest BCUT2D eigenvalue weighted by molar-refractivity contribution is -0.142. The number of hydrogen-bond donors (Lipinski definition) is 0. The number of hydrogen-bond acceptors (Lipinski definition) is 4. The molecule has 0 unspecified atom stereocenters. The van der Waals surface area contributed by atoms with Crippen LogP contribution >= 0.6 is 0 Å². The minimum atomic E-state index is -0.377. The van der Waals surface area contributed by atoms with E-state index in [1.54, 1.807) is 0 Å². The zero-order chi connectivity index (χ0) is 21.0. The summed E-state index contributed by atoms with van der Waals surface area (Å²) >= 11 is 0. The smallest absolute Gasteiger partial charge is 0.252 e. The lowest BCUT2D eigenvalue weighted by atomic mass is 9.99. The van der Waals surface area contributed by atoms with E-state index >= 15 is 0 Å². The molecule has 1 atom stereocenters. The Hall–Kier alpha value is -3.31. The predicted molar refractivity (Wildman–Crippen MR) is 118 cm³/mol. The molecule has 0 aliphatic carbocycles. The zero-order valence-electron chi connectivity index (χ0n) is 17.3. The molecule has 158 valence electrons. The van der Waals surface area contributed by atoms with Crippen molar-refractivity contribution in [1.82, 2.24) is 4.90 Å². The van der Waals surface area contributed by atoms with E-state index in [1.807, 2.05) is 53.4 Å². The molecule has 3 aromatic rings. The largest absolute Gasteiger partial charge is 0.454 e. The molecule has 1 amide bonds. The molecule has 31 heavy (non-hydrogen) atoms. The van der Waals surface area contributed by atoms with Crippen molar-refractivity contribution in [3.63, 3.8) is 0 Å². The van der Waals surface area contributed by atoms with Gasteiger partial charge in [0.1, 0.15) is 6.10 Å².